The molecule has 0 aromatic carbocycles. The van der Waals surface area contributed by atoms with Gasteiger partial charge in [-0.25, -0.2) is 9.67 Å². The molecule has 27 heavy (non-hydrogen) atoms. The lowest BCUT2D eigenvalue weighted by Crippen LogP contribution is -2.14. The fraction of sp³-hybridized carbons (Fsp3) is 0.412. The van der Waals surface area contributed by atoms with Crippen LogP contribution in [0.2, 0.25) is 0 Å². The third kappa shape index (κ3) is 2.94. The zero-order valence-electron chi connectivity index (χ0n) is 14.4. The summed E-state index contributed by atoms with van der Waals surface area (Å²) in [7, 11) is 1.43. The van der Waals surface area contributed by atoms with Crippen LogP contribution in [-0.4, -0.2) is 31.8 Å². The number of fused-ring (bicyclic) bond motifs is 1. The molecule has 3 aromatic rings. The number of alkyl halides is 3. The molecule has 0 radical (unpaired) electrons. The van der Waals surface area contributed by atoms with Crippen LogP contribution in [0.1, 0.15) is 37.4 Å². The minimum atomic E-state index is -4.74. The van der Waals surface area contributed by atoms with Crippen LogP contribution >= 0.6 is 0 Å². The molecule has 3 heterocycles. The Hall–Kier alpha value is -2.91. The molecule has 1 aliphatic carbocycles. The number of hydrogen-bond donors (Lipinski definition) is 1. The average molecular weight is 379 g/mol. The van der Waals surface area contributed by atoms with Crippen LogP contribution in [0.4, 0.5) is 13.2 Å². The van der Waals surface area contributed by atoms with E-state index in [1.165, 1.54) is 24.2 Å². The minimum absolute atomic E-state index is 0.0631. The zero-order valence-corrected chi connectivity index (χ0v) is 14.4. The molecule has 1 aliphatic rings. The first-order valence-electron chi connectivity index (χ1n) is 8.48. The molecular weight excluding hydrogens is 363 g/mol. The summed E-state index contributed by atoms with van der Waals surface area (Å²) in [4.78, 5) is 23.3. The Morgan fingerprint density at radius 2 is 2.04 bits per heavy atom. The lowest BCUT2D eigenvalue weighted by Gasteiger charge is -2.11. The summed E-state index contributed by atoms with van der Waals surface area (Å²) < 4.78 is 46.8. The Kier molecular flexibility index (Phi) is 4.12. The Balaban J connectivity index is 2.00. The topological polar surface area (TPSA) is 85.7 Å². The maximum atomic E-state index is 13.5. The van der Waals surface area contributed by atoms with Crippen molar-refractivity contribution in [2.45, 2.75) is 37.9 Å². The van der Waals surface area contributed by atoms with E-state index < -0.39 is 22.8 Å². The fourth-order valence-electron chi connectivity index (χ4n) is 3.51. The number of methoxy groups -OCH3 is 1. The Morgan fingerprint density at radius 1 is 1.30 bits per heavy atom. The van der Waals surface area contributed by atoms with Crippen molar-refractivity contribution in [2.75, 3.05) is 7.11 Å². The van der Waals surface area contributed by atoms with Gasteiger partial charge in [-0.3, -0.25) is 9.78 Å². The normalized spacial score (nSPS) is 15.6. The molecule has 1 N–H and O–H groups in total. The molecule has 0 amide bonds. The maximum absolute atomic E-state index is 13.5. The minimum Gasteiger partial charge on any atom is -0.494 e. The number of pyridine rings is 1. The number of rotatable bonds is 3. The first-order chi connectivity index (χ1) is 12.9. The summed E-state index contributed by atoms with van der Waals surface area (Å²) in [5.41, 5.74) is -1.72. The molecule has 7 nitrogen and oxygen atoms in total. The van der Waals surface area contributed by atoms with Crippen molar-refractivity contribution in [1.29, 1.82) is 0 Å². The van der Waals surface area contributed by atoms with Crippen LogP contribution in [0.5, 0.6) is 5.75 Å². The third-order valence-corrected chi connectivity index (χ3v) is 4.76. The van der Waals surface area contributed by atoms with Crippen molar-refractivity contribution < 1.29 is 17.9 Å². The molecule has 3 aromatic heterocycles. The van der Waals surface area contributed by atoms with E-state index >= 15 is 0 Å². The summed E-state index contributed by atoms with van der Waals surface area (Å²) in [6.45, 7) is 0. The van der Waals surface area contributed by atoms with Gasteiger partial charge in [0.1, 0.15) is 17.0 Å². The van der Waals surface area contributed by atoms with Crippen molar-refractivity contribution in [1.82, 2.24) is 24.7 Å². The van der Waals surface area contributed by atoms with Gasteiger partial charge in [-0.1, -0.05) is 12.8 Å². The SMILES string of the molecule is COc1cnccc1-c1nc2c(c(C(F)(F)F)nn2C2CCCC2)c(=O)[nH]1. The lowest BCUT2D eigenvalue weighted by molar-refractivity contribution is -0.140. The summed E-state index contributed by atoms with van der Waals surface area (Å²) >= 11 is 0. The van der Waals surface area contributed by atoms with Gasteiger partial charge in [-0.05, 0) is 18.9 Å². The average Bonchev–Trinajstić information content (AvgIpc) is 3.28. The van der Waals surface area contributed by atoms with E-state index in [4.69, 9.17) is 4.74 Å². The van der Waals surface area contributed by atoms with Gasteiger partial charge in [-0.2, -0.15) is 18.3 Å². The number of hydrogen-bond acceptors (Lipinski definition) is 5. The second kappa shape index (κ2) is 6.36. The highest BCUT2D eigenvalue weighted by atomic mass is 19.4. The van der Waals surface area contributed by atoms with Gasteiger partial charge >= 0.3 is 6.18 Å². The van der Waals surface area contributed by atoms with E-state index in [2.05, 4.69) is 20.1 Å². The van der Waals surface area contributed by atoms with Crippen molar-refractivity contribution in [3.8, 4) is 17.1 Å². The van der Waals surface area contributed by atoms with Crippen LogP contribution in [0.15, 0.2) is 23.3 Å². The monoisotopic (exact) mass is 379 g/mol. The zero-order chi connectivity index (χ0) is 19.2. The van der Waals surface area contributed by atoms with Gasteiger partial charge in [0.05, 0.1) is 24.9 Å². The van der Waals surface area contributed by atoms with Gasteiger partial charge in [0.15, 0.2) is 11.3 Å². The number of nitrogens with zero attached hydrogens (tertiary/aromatic N) is 4. The highest BCUT2D eigenvalue weighted by Gasteiger charge is 2.40. The number of nitrogens with one attached hydrogen (secondary N) is 1. The number of ether oxygens (including phenoxy) is 1. The highest BCUT2D eigenvalue weighted by molar-refractivity contribution is 5.80. The summed E-state index contributed by atoms with van der Waals surface area (Å²) in [6, 6.07) is 1.37. The van der Waals surface area contributed by atoms with E-state index in [-0.39, 0.29) is 17.5 Å². The van der Waals surface area contributed by atoms with Crippen LogP contribution in [0, 0.1) is 0 Å². The van der Waals surface area contributed by atoms with Crippen molar-refractivity contribution in [3.63, 3.8) is 0 Å². The second-order valence-corrected chi connectivity index (χ2v) is 6.42. The van der Waals surface area contributed by atoms with Gasteiger partial charge in [0, 0.05) is 6.20 Å². The fourth-order valence-corrected chi connectivity index (χ4v) is 3.51. The quantitative estimate of drug-likeness (QED) is 0.755. The van der Waals surface area contributed by atoms with E-state index in [9.17, 15) is 18.0 Å². The maximum Gasteiger partial charge on any atom is 0.436 e. The van der Waals surface area contributed by atoms with Crippen molar-refractivity contribution >= 4 is 11.0 Å². The lowest BCUT2D eigenvalue weighted by atomic mass is 10.2. The molecule has 142 valence electrons. The molecule has 4 rings (SSSR count). The van der Waals surface area contributed by atoms with Gasteiger partial charge in [0.25, 0.3) is 5.56 Å². The van der Waals surface area contributed by atoms with E-state index in [1.54, 1.807) is 6.07 Å². The summed E-state index contributed by atoms with van der Waals surface area (Å²) in [6.07, 6.45) is 1.40. The van der Waals surface area contributed by atoms with Crippen LogP contribution in [0.25, 0.3) is 22.4 Å². The Morgan fingerprint density at radius 3 is 2.70 bits per heavy atom. The molecule has 0 atom stereocenters. The van der Waals surface area contributed by atoms with Crippen LogP contribution < -0.4 is 10.3 Å². The molecule has 0 unspecified atom stereocenters. The van der Waals surface area contributed by atoms with Crippen LogP contribution in [-0.2, 0) is 6.18 Å². The van der Waals surface area contributed by atoms with Gasteiger partial charge in [-0.15, -0.1) is 0 Å². The Labute approximate surface area is 151 Å². The largest absolute Gasteiger partial charge is 0.494 e. The molecule has 0 aliphatic heterocycles. The second-order valence-electron chi connectivity index (χ2n) is 6.42. The smallest absolute Gasteiger partial charge is 0.436 e. The van der Waals surface area contributed by atoms with Crippen molar-refractivity contribution in [3.05, 3.63) is 34.5 Å². The summed E-state index contributed by atoms with van der Waals surface area (Å²) in [5.74, 6) is 0.461. The molecule has 1 saturated carbocycles. The molecule has 0 saturated heterocycles. The van der Waals surface area contributed by atoms with Crippen molar-refractivity contribution in [2.24, 2.45) is 0 Å². The van der Waals surface area contributed by atoms with Crippen LogP contribution in [0.3, 0.4) is 0 Å². The molecule has 1 fully saturated rings. The number of H-pyrrole nitrogens is 1. The molecule has 0 spiro atoms. The van der Waals surface area contributed by atoms with E-state index in [0.717, 1.165) is 12.8 Å². The molecule has 0 bridgehead atoms. The first-order valence-corrected chi connectivity index (χ1v) is 8.48. The Bertz CT molecular complexity index is 1050. The van der Waals surface area contributed by atoms with E-state index in [1.807, 2.05) is 0 Å². The van der Waals surface area contributed by atoms with E-state index in [0.29, 0.717) is 24.2 Å². The number of aromatic nitrogens is 5. The predicted octanol–water partition coefficient (Wildman–Crippen LogP) is 3.32. The third-order valence-electron chi connectivity index (χ3n) is 4.76. The molecular formula is C17H16F3N5O2. The number of halogens is 3. The van der Waals surface area contributed by atoms with Gasteiger partial charge < -0.3 is 9.72 Å². The highest BCUT2D eigenvalue weighted by Crippen LogP contribution is 2.37. The standard InChI is InChI=1S/C17H16F3N5O2/c1-27-11-8-21-7-6-10(11)14-22-15-12(16(26)23-14)13(17(18,19)20)24-25(15)9-4-2-3-5-9/h6-9H,2-5H2,1H3,(H,22,23,26). The van der Waals surface area contributed by atoms with Gasteiger partial charge in [0.2, 0.25) is 0 Å². The summed E-state index contributed by atoms with van der Waals surface area (Å²) in [5, 5.41) is 3.21. The predicted molar refractivity (Wildman–Crippen MR) is 90.4 cm³/mol. The number of aromatic amines is 1. The first kappa shape index (κ1) is 17.5. The molecule has 10 heteroatoms.